The van der Waals surface area contributed by atoms with Gasteiger partial charge in [0.05, 0.1) is 6.04 Å². The fourth-order valence-electron chi connectivity index (χ4n) is 4.99. The Labute approximate surface area is 315 Å². The number of hydrogen-bond acceptors (Lipinski definition) is 9. The van der Waals surface area contributed by atoms with Crippen LogP contribution in [0.4, 0.5) is 27.2 Å². The van der Waals surface area contributed by atoms with Gasteiger partial charge in [0.1, 0.15) is 30.4 Å². The molecule has 0 heterocycles. The third-order valence-corrected chi connectivity index (χ3v) is 7.64. The molecule has 0 aliphatic heterocycles. The van der Waals surface area contributed by atoms with Crippen LogP contribution in [0.1, 0.15) is 61.5 Å². The number of nitrogens with one attached hydrogen (secondary N) is 4. The van der Waals surface area contributed by atoms with Crippen LogP contribution in [-0.2, 0) is 32.1 Å². The molecule has 17 heteroatoms. The number of hydrogen-bond donors (Lipinski definition) is 5. The average Bonchev–Trinajstić information content (AvgIpc) is 3.14. The van der Waals surface area contributed by atoms with Gasteiger partial charge in [-0.05, 0) is 51.2 Å². The van der Waals surface area contributed by atoms with E-state index < -0.39 is 88.7 Å². The van der Waals surface area contributed by atoms with Crippen LogP contribution in [0.5, 0.6) is 5.75 Å². The van der Waals surface area contributed by atoms with Crippen LogP contribution in [0, 0.1) is 23.3 Å². The van der Waals surface area contributed by atoms with Crippen molar-refractivity contribution in [1.82, 2.24) is 21.3 Å². The molecule has 0 spiro atoms. The number of ketones is 1. The van der Waals surface area contributed by atoms with Crippen molar-refractivity contribution in [3.05, 3.63) is 101 Å². The van der Waals surface area contributed by atoms with E-state index in [1.165, 1.54) is 0 Å². The zero-order valence-corrected chi connectivity index (χ0v) is 30.6. The number of unbranched alkanes of at least 4 members (excludes halogenated alkanes) is 1. The minimum Gasteiger partial charge on any atom is -0.479 e. The van der Waals surface area contributed by atoms with Gasteiger partial charge in [-0.1, -0.05) is 60.7 Å². The van der Waals surface area contributed by atoms with Gasteiger partial charge in [0.15, 0.2) is 23.2 Å². The van der Waals surface area contributed by atoms with Gasteiger partial charge >= 0.3 is 12.2 Å². The Bertz CT molecular complexity index is 1750. The van der Waals surface area contributed by atoms with Crippen LogP contribution in [0.3, 0.4) is 0 Å². The number of amides is 4. The van der Waals surface area contributed by atoms with E-state index in [0.29, 0.717) is 11.1 Å². The summed E-state index contributed by atoms with van der Waals surface area (Å²) in [5, 5.41) is 9.59. The first-order chi connectivity index (χ1) is 26.1. The lowest BCUT2D eigenvalue weighted by molar-refractivity contribution is -0.130. The van der Waals surface area contributed by atoms with Crippen molar-refractivity contribution in [1.29, 1.82) is 0 Å². The van der Waals surface area contributed by atoms with Gasteiger partial charge in [-0.3, -0.25) is 14.4 Å². The summed E-state index contributed by atoms with van der Waals surface area (Å²) >= 11 is 0. The van der Waals surface area contributed by atoms with Gasteiger partial charge < -0.3 is 41.2 Å². The summed E-state index contributed by atoms with van der Waals surface area (Å²) in [6.45, 7) is 3.53. The molecular formula is C38H45F4N5O8. The largest absolute Gasteiger partial charge is 0.479 e. The van der Waals surface area contributed by atoms with E-state index in [9.17, 15) is 41.5 Å². The van der Waals surface area contributed by atoms with Gasteiger partial charge in [0.2, 0.25) is 17.5 Å². The highest BCUT2D eigenvalue weighted by Gasteiger charge is 2.32. The van der Waals surface area contributed by atoms with Crippen LogP contribution in [0.2, 0.25) is 0 Å². The van der Waals surface area contributed by atoms with Gasteiger partial charge in [0.25, 0.3) is 5.91 Å². The second-order valence-electron chi connectivity index (χ2n) is 13.2. The number of halogens is 4. The molecule has 13 nitrogen and oxygen atoms in total. The lowest BCUT2D eigenvalue weighted by atomic mass is 10.0. The van der Waals surface area contributed by atoms with E-state index in [1.807, 2.05) is 5.32 Å². The van der Waals surface area contributed by atoms with Gasteiger partial charge in [-0.2, -0.15) is 8.78 Å². The average molecular weight is 776 g/mol. The van der Waals surface area contributed by atoms with Crippen LogP contribution in [0.15, 0.2) is 60.7 Å². The first-order valence-electron chi connectivity index (χ1n) is 17.4. The lowest BCUT2D eigenvalue weighted by Crippen LogP contribution is -2.53. The van der Waals surface area contributed by atoms with Crippen molar-refractivity contribution in [2.75, 3.05) is 26.2 Å². The van der Waals surface area contributed by atoms with Crippen LogP contribution in [0.25, 0.3) is 0 Å². The smallest absolute Gasteiger partial charge is 0.408 e. The summed E-state index contributed by atoms with van der Waals surface area (Å²) in [7, 11) is 0. The number of alkyl carbamates (subject to hydrolysis) is 2. The zero-order valence-electron chi connectivity index (χ0n) is 30.6. The van der Waals surface area contributed by atoms with E-state index in [0.717, 1.165) is 0 Å². The molecule has 0 aromatic heterocycles. The summed E-state index contributed by atoms with van der Waals surface area (Å²) in [6, 6.07) is 14.7. The maximum atomic E-state index is 14.9. The monoisotopic (exact) mass is 775 g/mol. The summed E-state index contributed by atoms with van der Waals surface area (Å²) in [5.74, 6) is -13.1. The van der Waals surface area contributed by atoms with Crippen molar-refractivity contribution in [3.63, 3.8) is 0 Å². The summed E-state index contributed by atoms with van der Waals surface area (Å²) in [5.41, 5.74) is 4.28. The Hall–Kier alpha value is -5.71. The van der Waals surface area contributed by atoms with E-state index in [4.69, 9.17) is 19.9 Å². The van der Waals surface area contributed by atoms with Gasteiger partial charge in [-0.15, -0.1) is 0 Å². The Morgan fingerprint density at radius 2 is 1.33 bits per heavy atom. The SMILES string of the molecule is CC(C)(C)OC(=O)NCCCC[C@H](NC(=O)[C@H](Cc1ccccc1)NC(=O)OCc1ccccc1)C(=O)COc1c(F)c(F)c(C(=O)NCCN)c(F)c1F. The molecule has 0 aliphatic rings. The second-order valence-corrected chi connectivity index (χ2v) is 13.2. The molecule has 0 fully saturated rings. The molecule has 3 aromatic carbocycles. The normalized spacial score (nSPS) is 12.1. The molecule has 4 amide bonds. The Morgan fingerprint density at radius 1 is 0.727 bits per heavy atom. The summed E-state index contributed by atoms with van der Waals surface area (Å²) < 4.78 is 74.8. The van der Waals surface area contributed by atoms with Crippen molar-refractivity contribution in [3.8, 4) is 5.75 Å². The summed E-state index contributed by atoms with van der Waals surface area (Å²) in [6.07, 6.45) is -1.28. The Kier molecular flexibility index (Phi) is 16.9. The molecule has 6 N–H and O–H groups in total. The van der Waals surface area contributed by atoms with Crippen molar-refractivity contribution >= 4 is 29.8 Å². The third-order valence-electron chi connectivity index (χ3n) is 7.64. The van der Waals surface area contributed by atoms with Crippen LogP contribution >= 0.6 is 0 Å². The molecule has 0 unspecified atom stereocenters. The third kappa shape index (κ3) is 14.2. The number of nitrogens with two attached hydrogens (primary N) is 1. The molecule has 3 rings (SSSR count). The molecule has 0 radical (unpaired) electrons. The highest BCUT2D eigenvalue weighted by Crippen LogP contribution is 2.30. The standard InChI is InChI=1S/C38H45F4N5O8/c1-38(2,3)55-36(51)45-18-11-10-16-25(27(48)22-53-33-31(41)29(39)28(30(40)32(33)42)35(50)44-19-17-43)46-34(49)26(20-23-12-6-4-7-13-23)47-37(52)54-21-24-14-8-5-9-15-24/h4-9,12-15,25-26H,10-11,16-22,43H2,1-3H3,(H,44,50)(H,45,51)(H,46,49)(H,47,52)/t25-,26-/m0/s1. The van der Waals surface area contributed by atoms with Crippen molar-refractivity contribution in [2.24, 2.45) is 5.73 Å². The van der Waals surface area contributed by atoms with Crippen molar-refractivity contribution < 1.29 is 55.7 Å². The molecule has 55 heavy (non-hydrogen) atoms. The van der Waals surface area contributed by atoms with Gasteiger partial charge in [0, 0.05) is 26.1 Å². The summed E-state index contributed by atoms with van der Waals surface area (Å²) in [4.78, 5) is 64.2. The second kappa shape index (κ2) is 21.2. The minimum atomic E-state index is -2.07. The molecular weight excluding hydrogens is 730 g/mol. The van der Waals surface area contributed by atoms with Gasteiger partial charge in [-0.25, -0.2) is 18.4 Å². The molecule has 0 saturated carbocycles. The first kappa shape index (κ1) is 43.7. The molecule has 0 aliphatic carbocycles. The Balaban J connectivity index is 1.80. The van der Waals surface area contributed by atoms with E-state index in [2.05, 4.69) is 16.0 Å². The maximum absolute atomic E-state index is 14.9. The van der Waals surface area contributed by atoms with E-state index in [1.54, 1.807) is 81.4 Å². The Morgan fingerprint density at radius 3 is 1.91 bits per heavy atom. The number of ether oxygens (including phenoxy) is 3. The highest BCUT2D eigenvalue weighted by atomic mass is 19.2. The molecule has 3 aromatic rings. The molecule has 0 bridgehead atoms. The first-order valence-corrected chi connectivity index (χ1v) is 17.4. The molecule has 298 valence electrons. The zero-order chi connectivity index (χ0) is 40.5. The fourth-order valence-corrected chi connectivity index (χ4v) is 4.99. The van der Waals surface area contributed by atoms with Crippen LogP contribution in [-0.4, -0.2) is 73.7 Å². The van der Waals surface area contributed by atoms with E-state index >= 15 is 0 Å². The maximum Gasteiger partial charge on any atom is 0.408 e. The minimum absolute atomic E-state index is 0.0372. The van der Waals surface area contributed by atoms with E-state index in [-0.39, 0.29) is 51.9 Å². The number of carbonyl (C=O) groups excluding carboxylic acids is 5. The predicted molar refractivity (Wildman–Crippen MR) is 192 cm³/mol. The fraction of sp³-hybridized carbons (Fsp3) is 0.395. The lowest BCUT2D eigenvalue weighted by Gasteiger charge is -2.23. The molecule has 0 saturated heterocycles. The van der Waals surface area contributed by atoms with Crippen molar-refractivity contribution in [2.45, 2.75) is 70.7 Å². The number of benzene rings is 3. The molecule has 2 atom stereocenters. The predicted octanol–water partition coefficient (Wildman–Crippen LogP) is 4.60. The number of rotatable bonds is 19. The number of Topliss-reactive ketones (excluding diaryl/α,β-unsaturated/α-hetero) is 1. The van der Waals surface area contributed by atoms with Crippen LogP contribution < -0.4 is 31.7 Å². The topological polar surface area (TPSA) is 187 Å². The highest BCUT2D eigenvalue weighted by molar-refractivity contribution is 5.95. The number of carbonyl (C=O) groups is 5. The quantitative estimate of drug-likeness (QED) is 0.0660.